The Morgan fingerprint density at radius 1 is 1.17 bits per heavy atom. The van der Waals surface area contributed by atoms with E-state index in [1.165, 1.54) is 0 Å². The van der Waals surface area contributed by atoms with Crippen molar-refractivity contribution in [2.45, 2.75) is 26.7 Å². The van der Waals surface area contributed by atoms with Gasteiger partial charge in [-0.05, 0) is 43.9 Å². The number of amides is 1. The highest BCUT2D eigenvalue weighted by Crippen LogP contribution is 2.33. The van der Waals surface area contributed by atoms with E-state index in [0.29, 0.717) is 18.0 Å². The molecule has 2 rings (SSSR count). The van der Waals surface area contributed by atoms with Crippen molar-refractivity contribution in [1.82, 2.24) is 0 Å². The third kappa shape index (κ3) is 2.15. The first kappa shape index (κ1) is 13.1. The lowest BCUT2D eigenvalue weighted by Crippen LogP contribution is -2.31. The molecule has 1 amide bonds. The smallest absolute Gasteiger partial charge is 0.299 e. The second-order valence-corrected chi connectivity index (χ2v) is 5.04. The molecule has 18 heavy (non-hydrogen) atoms. The summed E-state index contributed by atoms with van der Waals surface area (Å²) in [4.78, 5) is 25.5. The Labute approximate surface area is 112 Å². The molecule has 0 aromatic heterocycles. The molecule has 1 aromatic rings. The normalized spacial score (nSPS) is 14.3. The summed E-state index contributed by atoms with van der Waals surface area (Å²) < 4.78 is 0. The number of carbonyl (C=O) groups excluding carboxylic acids is 2. The predicted octanol–water partition coefficient (Wildman–Crippen LogP) is 2.85. The standard InChI is InChI=1S/C14H16ClNO2/c1-9-7-10(2)12-11(8-9)13(17)14(18)16(12)6-4-3-5-15/h7-8H,3-6H2,1-2H3. The number of nitrogens with zero attached hydrogens (tertiary/aromatic N) is 1. The highest BCUT2D eigenvalue weighted by atomic mass is 35.5. The zero-order chi connectivity index (χ0) is 13.3. The van der Waals surface area contributed by atoms with E-state index in [4.69, 9.17) is 11.6 Å². The van der Waals surface area contributed by atoms with Crippen LogP contribution < -0.4 is 4.90 Å². The predicted molar refractivity (Wildman–Crippen MR) is 72.6 cm³/mol. The SMILES string of the molecule is Cc1cc(C)c2c(c1)C(=O)C(=O)N2CCCCCl. The monoisotopic (exact) mass is 265 g/mol. The summed E-state index contributed by atoms with van der Waals surface area (Å²) in [6, 6.07) is 3.80. The molecular formula is C14H16ClNO2. The first-order chi connectivity index (χ1) is 8.56. The van der Waals surface area contributed by atoms with Crippen LogP contribution in [0.4, 0.5) is 5.69 Å². The minimum Gasteiger partial charge on any atom is -0.304 e. The molecule has 0 fully saturated rings. The van der Waals surface area contributed by atoms with Gasteiger partial charge in [0.2, 0.25) is 0 Å². The first-order valence-electron chi connectivity index (χ1n) is 6.09. The molecule has 0 N–H and O–H groups in total. The first-order valence-corrected chi connectivity index (χ1v) is 6.63. The fourth-order valence-electron chi connectivity index (χ4n) is 2.41. The zero-order valence-corrected chi connectivity index (χ0v) is 11.4. The van der Waals surface area contributed by atoms with E-state index in [-0.39, 0.29) is 5.78 Å². The van der Waals surface area contributed by atoms with Gasteiger partial charge in [-0.25, -0.2) is 0 Å². The van der Waals surface area contributed by atoms with Crippen LogP contribution in [0.2, 0.25) is 0 Å². The number of aryl methyl sites for hydroxylation is 2. The number of halogens is 1. The van der Waals surface area contributed by atoms with Gasteiger partial charge in [-0.15, -0.1) is 11.6 Å². The molecule has 0 spiro atoms. The number of Topliss-reactive ketones (excluding diaryl/α,β-unsaturated/α-hetero) is 1. The van der Waals surface area contributed by atoms with E-state index >= 15 is 0 Å². The summed E-state index contributed by atoms with van der Waals surface area (Å²) in [6.45, 7) is 4.43. The van der Waals surface area contributed by atoms with E-state index in [0.717, 1.165) is 29.7 Å². The molecule has 1 aliphatic rings. The van der Waals surface area contributed by atoms with Gasteiger partial charge in [0.05, 0.1) is 11.3 Å². The van der Waals surface area contributed by atoms with Gasteiger partial charge in [0.25, 0.3) is 11.7 Å². The number of rotatable bonds is 4. The largest absolute Gasteiger partial charge is 0.304 e. The van der Waals surface area contributed by atoms with E-state index in [9.17, 15) is 9.59 Å². The fraction of sp³-hybridized carbons (Fsp3) is 0.429. The highest BCUT2D eigenvalue weighted by Gasteiger charge is 2.36. The Morgan fingerprint density at radius 2 is 1.89 bits per heavy atom. The van der Waals surface area contributed by atoms with Gasteiger partial charge in [-0.2, -0.15) is 0 Å². The van der Waals surface area contributed by atoms with Gasteiger partial charge in [0.1, 0.15) is 0 Å². The van der Waals surface area contributed by atoms with Crippen LogP contribution >= 0.6 is 11.6 Å². The van der Waals surface area contributed by atoms with E-state index in [1.54, 1.807) is 11.0 Å². The van der Waals surface area contributed by atoms with Gasteiger partial charge in [0.15, 0.2) is 0 Å². The Morgan fingerprint density at radius 3 is 2.56 bits per heavy atom. The van der Waals surface area contributed by atoms with Gasteiger partial charge >= 0.3 is 0 Å². The zero-order valence-electron chi connectivity index (χ0n) is 10.6. The number of ketones is 1. The second kappa shape index (κ2) is 5.11. The molecule has 96 valence electrons. The average Bonchev–Trinajstić information content (AvgIpc) is 2.55. The van der Waals surface area contributed by atoms with Crippen LogP contribution in [0.3, 0.4) is 0 Å². The van der Waals surface area contributed by atoms with Crippen molar-refractivity contribution in [1.29, 1.82) is 0 Å². The number of anilines is 1. The molecule has 0 atom stereocenters. The van der Waals surface area contributed by atoms with Crippen LogP contribution in [0, 0.1) is 13.8 Å². The van der Waals surface area contributed by atoms with Crippen molar-refractivity contribution in [3.05, 3.63) is 28.8 Å². The molecule has 0 bridgehead atoms. The van der Waals surface area contributed by atoms with Crippen LogP contribution in [0.25, 0.3) is 0 Å². The molecule has 4 heteroatoms. The molecule has 1 heterocycles. The van der Waals surface area contributed by atoms with E-state index in [2.05, 4.69) is 0 Å². The summed E-state index contributed by atoms with van der Waals surface area (Å²) in [5, 5.41) is 0. The van der Waals surface area contributed by atoms with Crippen LogP contribution in [0.15, 0.2) is 12.1 Å². The maximum atomic E-state index is 12.0. The van der Waals surface area contributed by atoms with E-state index in [1.807, 2.05) is 19.9 Å². The summed E-state index contributed by atoms with van der Waals surface area (Å²) in [5.41, 5.74) is 3.32. The van der Waals surface area contributed by atoms with Crippen molar-refractivity contribution in [2.24, 2.45) is 0 Å². The number of fused-ring (bicyclic) bond motifs is 1. The number of unbranched alkanes of at least 4 members (excludes halogenated alkanes) is 1. The molecule has 3 nitrogen and oxygen atoms in total. The average molecular weight is 266 g/mol. The Balaban J connectivity index is 2.36. The lowest BCUT2D eigenvalue weighted by Gasteiger charge is -2.18. The quantitative estimate of drug-likeness (QED) is 0.477. The van der Waals surface area contributed by atoms with Crippen LogP contribution in [0.5, 0.6) is 0 Å². The molecule has 1 aromatic carbocycles. The lowest BCUT2D eigenvalue weighted by atomic mass is 10.0. The van der Waals surface area contributed by atoms with Crippen LogP contribution in [0.1, 0.15) is 34.3 Å². The molecule has 1 aliphatic heterocycles. The summed E-state index contributed by atoms with van der Waals surface area (Å²) in [5.74, 6) is -0.216. The van der Waals surface area contributed by atoms with Gasteiger partial charge in [-0.1, -0.05) is 6.07 Å². The number of alkyl halides is 1. The van der Waals surface area contributed by atoms with Crippen molar-refractivity contribution in [3.63, 3.8) is 0 Å². The number of carbonyl (C=O) groups is 2. The van der Waals surface area contributed by atoms with Crippen molar-refractivity contribution < 1.29 is 9.59 Å². The van der Waals surface area contributed by atoms with E-state index < -0.39 is 5.91 Å². The molecule has 0 radical (unpaired) electrons. The number of benzene rings is 1. The Kier molecular flexibility index (Phi) is 3.71. The van der Waals surface area contributed by atoms with Crippen LogP contribution in [-0.2, 0) is 4.79 Å². The second-order valence-electron chi connectivity index (χ2n) is 4.66. The molecule has 0 saturated carbocycles. The third-order valence-electron chi connectivity index (χ3n) is 3.16. The van der Waals surface area contributed by atoms with Gasteiger partial charge in [0, 0.05) is 12.4 Å². The van der Waals surface area contributed by atoms with Gasteiger partial charge in [-0.3, -0.25) is 9.59 Å². The molecule has 0 saturated heterocycles. The third-order valence-corrected chi connectivity index (χ3v) is 3.43. The summed E-state index contributed by atoms with van der Waals surface area (Å²) in [7, 11) is 0. The Bertz CT molecular complexity index is 511. The molecule has 0 aliphatic carbocycles. The summed E-state index contributed by atoms with van der Waals surface area (Å²) >= 11 is 5.63. The fourth-order valence-corrected chi connectivity index (χ4v) is 2.60. The van der Waals surface area contributed by atoms with Crippen molar-refractivity contribution in [3.8, 4) is 0 Å². The minimum atomic E-state index is -0.409. The van der Waals surface area contributed by atoms with Crippen LogP contribution in [-0.4, -0.2) is 24.1 Å². The van der Waals surface area contributed by atoms with Crippen molar-refractivity contribution >= 4 is 29.0 Å². The molecule has 0 unspecified atom stereocenters. The topological polar surface area (TPSA) is 37.4 Å². The van der Waals surface area contributed by atoms with Crippen molar-refractivity contribution in [2.75, 3.05) is 17.3 Å². The maximum Gasteiger partial charge on any atom is 0.299 e. The Hall–Kier alpha value is -1.35. The lowest BCUT2D eigenvalue weighted by molar-refractivity contribution is -0.114. The molecular weight excluding hydrogens is 250 g/mol. The van der Waals surface area contributed by atoms with Gasteiger partial charge < -0.3 is 4.90 Å². The summed E-state index contributed by atoms with van der Waals surface area (Å²) in [6.07, 6.45) is 1.66. The number of hydrogen-bond acceptors (Lipinski definition) is 2. The maximum absolute atomic E-state index is 12.0. The minimum absolute atomic E-state index is 0.386. The number of hydrogen-bond donors (Lipinski definition) is 0. The highest BCUT2D eigenvalue weighted by molar-refractivity contribution is 6.52.